The number of primary sulfonamides is 1. The van der Waals surface area contributed by atoms with Crippen molar-refractivity contribution < 1.29 is 17.9 Å². The van der Waals surface area contributed by atoms with E-state index < -0.39 is 10.0 Å². The lowest BCUT2D eigenvalue weighted by Crippen LogP contribution is -2.26. The minimum Gasteiger partial charge on any atom is -0.497 e. The van der Waals surface area contributed by atoms with Crippen LogP contribution in [0.2, 0.25) is 0 Å². The van der Waals surface area contributed by atoms with Crippen molar-refractivity contribution in [2.24, 2.45) is 5.14 Å². The first-order chi connectivity index (χ1) is 13.2. The van der Waals surface area contributed by atoms with Crippen LogP contribution in [0.5, 0.6) is 5.75 Å². The average molecular weight is 398 g/mol. The van der Waals surface area contributed by atoms with E-state index in [1.165, 1.54) is 6.07 Å². The van der Waals surface area contributed by atoms with Crippen molar-refractivity contribution in [3.8, 4) is 5.75 Å². The van der Waals surface area contributed by atoms with Gasteiger partial charge in [0.2, 0.25) is 10.0 Å². The first kappa shape index (κ1) is 19.9. The average Bonchev–Trinajstić information content (AvgIpc) is 2.66. The molecule has 0 saturated heterocycles. The molecule has 3 aromatic rings. The van der Waals surface area contributed by atoms with Crippen molar-refractivity contribution in [3.63, 3.8) is 0 Å². The van der Waals surface area contributed by atoms with E-state index in [0.29, 0.717) is 12.1 Å². The van der Waals surface area contributed by atoms with Crippen LogP contribution >= 0.6 is 0 Å². The Kier molecular flexibility index (Phi) is 5.40. The predicted octanol–water partition coefficient (Wildman–Crippen LogP) is 3.08. The second-order valence-electron chi connectivity index (χ2n) is 6.73. The summed E-state index contributed by atoms with van der Waals surface area (Å²) in [5.41, 5.74) is 1.75. The van der Waals surface area contributed by atoms with Crippen LogP contribution in [0, 0.1) is 6.92 Å². The van der Waals surface area contributed by atoms with Gasteiger partial charge in [-0.15, -0.1) is 0 Å². The molecule has 0 spiro atoms. The lowest BCUT2D eigenvalue weighted by atomic mass is 10.1. The Bertz CT molecular complexity index is 1160. The molecule has 0 radical (unpaired) electrons. The zero-order valence-corrected chi connectivity index (χ0v) is 16.8. The highest BCUT2D eigenvalue weighted by Crippen LogP contribution is 2.23. The molecule has 0 aliphatic carbocycles. The maximum absolute atomic E-state index is 12.8. The van der Waals surface area contributed by atoms with E-state index in [4.69, 9.17) is 9.88 Å². The highest BCUT2D eigenvalue weighted by Gasteiger charge is 2.18. The second kappa shape index (κ2) is 7.61. The van der Waals surface area contributed by atoms with Crippen LogP contribution in [0.1, 0.15) is 21.5 Å². The molecule has 1 amide bonds. The fraction of sp³-hybridized carbons (Fsp3) is 0.190. The molecular weight excluding hydrogens is 376 g/mol. The topological polar surface area (TPSA) is 89.7 Å². The Morgan fingerprint density at radius 3 is 2.39 bits per heavy atom. The molecule has 3 aromatic carbocycles. The second-order valence-corrected chi connectivity index (χ2v) is 8.26. The summed E-state index contributed by atoms with van der Waals surface area (Å²) in [5.74, 6) is 0.511. The van der Waals surface area contributed by atoms with Gasteiger partial charge >= 0.3 is 0 Å². The monoisotopic (exact) mass is 398 g/mol. The number of carbonyl (C=O) groups excluding carboxylic acids is 1. The number of hydrogen-bond acceptors (Lipinski definition) is 4. The number of methoxy groups -OCH3 is 1. The minimum absolute atomic E-state index is 0.0357. The molecule has 0 aromatic heterocycles. The Balaban J connectivity index is 1.84. The molecule has 2 N–H and O–H groups in total. The lowest BCUT2D eigenvalue weighted by molar-refractivity contribution is 0.0785. The maximum Gasteiger partial charge on any atom is 0.253 e. The molecule has 0 saturated carbocycles. The molecule has 0 heterocycles. The van der Waals surface area contributed by atoms with Gasteiger partial charge in [-0.3, -0.25) is 4.79 Å². The van der Waals surface area contributed by atoms with E-state index in [1.54, 1.807) is 38.1 Å². The van der Waals surface area contributed by atoms with Crippen LogP contribution in [0.3, 0.4) is 0 Å². The van der Waals surface area contributed by atoms with Gasteiger partial charge in [-0.1, -0.05) is 24.3 Å². The highest BCUT2D eigenvalue weighted by atomic mass is 32.2. The largest absolute Gasteiger partial charge is 0.497 e. The Labute approximate surface area is 164 Å². The first-order valence-corrected chi connectivity index (χ1v) is 10.2. The van der Waals surface area contributed by atoms with Gasteiger partial charge in [0.15, 0.2) is 0 Å². The third-order valence-corrected chi connectivity index (χ3v) is 5.67. The standard InChI is InChI=1S/C21H22N2O4S/c1-14-4-6-18(12-20(14)28(22,25)26)21(24)23(2)13-15-5-7-17-11-19(27-3)9-8-16(17)10-15/h4-12H,13H2,1-3H3,(H2,22,25,26). The van der Waals surface area contributed by atoms with Crippen LogP contribution in [0.15, 0.2) is 59.5 Å². The van der Waals surface area contributed by atoms with Crippen LogP contribution in [0.25, 0.3) is 10.8 Å². The van der Waals surface area contributed by atoms with E-state index in [0.717, 1.165) is 22.1 Å². The van der Waals surface area contributed by atoms with Crippen LogP contribution < -0.4 is 9.88 Å². The van der Waals surface area contributed by atoms with E-state index in [9.17, 15) is 13.2 Å². The number of hydrogen-bond donors (Lipinski definition) is 1. The maximum atomic E-state index is 12.8. The van der Waals surface area contributed by atoms with Crippen molar-refractivity contribution in [2.75, 3.05) is 14.2 Å². The van der Waals surface area contributed by atoms with Crippen molar-refractivity contribution in [1.82, 2.24) is 4.90 Å². The number of amides is 1. The van der Waals surface area contributed by atoms with Gasteiger partial charge in [0, 0.05) is 19.2 Å². The molecule has 7 heteroatoms. The summed E-state index contributed by atoms with van der Waals surface area (Å²) < 4.78 is 28.6. The molecular formula is C21H22N2O4S. The quantitative estimate of drug-likeness (QED) is 0.715. The predicted molar refractivity (Wildman–Crippen MR) is 109 cm³/mol. The number of ether oxygens (including phenoxy) is 1. The number of benzene rings is 3. The van der Waals surface area contributed by atoms with E-state index >= 15 is 0 Å². The zero-order valence-electron chi connectivity index (χ0n) is 16.0. The molecule has 146 valence electrons. The third-order valence-electron chi connectivity index (χ3n) is 4.62. The molecule has 0 bridgehead atoms. The number of nitrogens with zero attached hydrogens (tertiary/aromatic N) is 1. The van der Waals surface area contributed by atoms with Gasteiger partial charge in [0.05, 0.1) is 12.0 Å². The normalized spacial score (nSPS) is 11.4. The van der Waals surface area contributed by atoms with Crippen molar-refractivity contribution in [3.05, 3.63) is 71.3 Å². The van der Waals surface area contributed by atoms with Crippen molar-refractivity contribution >= 4 is 26.7 Å². The van der Waals surface area contributed by atoms with Gasteiger partial charge < -0.3 is 9.64 Å². The molecule has 28 heavy (non-hydrogen) atoms. The fourth-order valence-corrected chi connectivity index (χ4v) is 3.91. The molecule has 0 unspecified atom stereocenters. The smallest absolute Gasteiger partial charge is 0.253 e. The van der Waals surface area contributed by atoms with Gasteiger partial charge in [-0.05, 0) is 59.2 Å². The molecule has 0 fully saturated rings. The SMILES string of the molecule is COc1ccc2cc(CN(C)C(=O)c3ccc(C)c(S(N)(=O)=O)c3)ccc2c1. The van der Waals surface area contributed by atoms with E-state index in [2.05, 4.69) is 0 Å². The highest BCUT2D eigenvalue weighted by molar-refractivity contribution is 7.89. The van der Waals surface area contributed by atoms with Crippen LogP contribution in [-0.2, 0) is 16.6 Å². The summed E-state index contributed by atoms with van der Waals surface area (Å²) in [6.07, 6.45) is 0. The summed E-state index contributed by atoms with van der Waals surface area (Å²) in [6, 6.07) is 16.3. The van der Waals surface area contributed by atoms with Crippen molar-refractivity contribution in [2.45, 2.75) is 18.4 Å². The summed E-state index contributed by atoms with van der Waals surface area (Å²) in [7, 11) is -0.580. The van der Waals surface area contributed by atoms with Gasteiger partial charge in [-0.2, -0.15) is 0 Å². The van der Waals surface area contributed by atoms with Crippen LogP contribution in [0.4, 0.5) is 0 Å². The Morgan fingerprint density at radius 2 is 1.71 bits per heavy atom. The van der Waals surface area contributed by atoms with E-state index in [1.807, 2.05) is 36.4 Å². The number of carbonyl (C=O) groups is 1. The first-order valence-electron chi connectivity index (χ1n) is 8.64. The van der Waals surface area contributed by atoms with Gasteiger partial charge in [0.1, 0.15) is 5.75 Å². The molecule has 0 aliphatic heterocycles. The summed E-state index contributed by atoms with van der Waals surface area (Å²) in [5, 5.41) is 7.33. The zero-order chi connectivity index (χ0) is 20.5. The molecule has 6 nitrogen and oxygen atoms in total. The molecule has 3 rings (SSSR count). The number of sulfonamides is 1. The number of fused-ring (bicyclic) bond motifs is 1. The van der Waals surface area contributed by atoms with E-state index in [-0.39, 0.29) is 16.4 Å². The molecule has 0 aliphatic rings. The Morgan fingerprint density at radius 1 is 1.04 bits per heavy atom. The van der Waals surface area contributed by atoms with Gasteiger partial charge in [0.25, 0.3) is 5.91 Å². The fourth-order valence-electron chi connectivity index (χ4n) is 3.10. The molecule has 0 atom stereocenters. The van der Waals surface area contributed by atoms with Crippen molar-refractivity contribution in [1.29, 1.82) is 0 Å². The number of nitrogens with two attached hydrogens (primary N) is 1. The lowest BCUT2D eigenvalue weighted by Gasteiger charge is -2.18. The minimum atomic E-state index is -3.89. The Hall–Kier alpha value is -2.90. The third kappa shape index (κ3) is 4.16. The van der Waals surface area contributed by atoms with Crippen LogP contribution in [-0.4, -0.2) is 33.4 Å². The number of rotatable bonds is 5. The summed E-state index contributed by atoms with van der Waals surface area (Å²) in [4.78, 5) is 14.3. The number of aryl methyl sites for hydroxylation is 1. The summed E-state index contributed by atoms with van der Waals surface area (Å²) >= 11 is 0. The summed E-state index contributed by atoms with van der Waals surface area (Å²) in [6.45, 7) is 2.03. The van der Waals surface area contributed by atoms with Gasteiger partial charge in [-0.25, -0.2) is 13.6 Å².